The normalized spacial score (nSPS) is 18.3. The molecule has 0 bridgehead atoms. The molecule has 0 saturated carbocycles. The molecule has 1 atom stereocenters. The number of benzene rings is 1. The van der Waals surface area contributed by atoms with Crippen LogP contribution in [0.3, 0.4) is 0 Å². The number of methoxy groups -OCH3 is 1. The van der Waals surface area contributed by atoms with Crippen LogP contribution in [0, 0.1) is 5.92 Å². The third-order valence-electron chi connectivity index (χ3n) is 4.13. The van der Waals surface area contributed by atoms with E-state index in [1.165, 1.54) is 11.3 Å². The first kappa shape index (κ1) is 12.7. The van der Waals surface area contributed by atoms with Crippen molar-refractivity contribution in [2.75, 3.05) is 7.11 Å². The summed E-state index contributed by atoms with van der Waals surface area (Å²) >= 11 is 1.77. The van der Waals surface area contributed by atoms with Crippen molar-refractivity contribution >= 4 is 21.4 Å². The summed E-state index contributed by atoms with van der Waals surface area (Å²) in [4.78, 5) is 13.8. The molecular formula is C16H18O2S. The molecule has 1 aromatic heterocycles. The number of fused-ring (bicyclic) bond motifs is 2. The highest BCUT2D eigenvalue weighted by Gasteiger charge is 2.21. The van der Waals surface area contributed by atoms with E-state index in [9.17, 15) is 4.79 Å². The van der Waals surface area contributed by atoms with Crippen molar-refractivity contribution < 1.29 is 4.74 Å². The average Bonchev–Trinajstić information content (AvgIpc) is 2.46. The molecule has 1 aromatic carbocycles. The molecule has 3 rings (SSSR count). The first-order valence-corrected chi connectivity index (χ1v) is 7.67. The molecule has 2 nitrogen and oxygen atoms in total. The van der Waals surface area contributed by atoms with Crippen LogP contribution in [0.4, 0.5) is 0 Å². The molecule has 0 fully saturated rings. The maximum atomic E-state index is 12.5. The Bertz CT molecular complexity index is 672. The fourth-order valence-electron chi connectivity index (χ4n) is 2.86. The van der Waals surface area contributed by atoms with Gasteiger partial charge in [0.25, 0.3) is 0 Å². The highest BCUT2D eigenvalue weighted by molar-refractivity contribution is 7.18. The molecule has 0 N–H and O–H groups in total. The predicted molar refractivity (Wildman–Crippen MR) is 80.5 cm³/mol. The van der Waals surface area contributed by atoms with Gasteiger partial charge in [0.05, 0.1) is 7.11 Å². The van der Waals surface area contributed by atoms with Gasteiger partial charge in [-0.3, -0.25) is 4.79 Å². The standard InChI is InChI=1S/C16H18O2S/c1-3-10-4-6-12-14(8-10)19-15-9-11(18-2)5-7-13(15)16(12)17/h5,7,9-10H,3-4,6,8H2,1-2H3. The fraction of sp³-hybridized carbons (Fsp3) is 0.438. The van der Waals surface area contributed by atoms with Crippen molar-refractivity contribution in [2.24, 2.45) is 5.92 Å². The lowest BCUT2D eigenvalue weighted by Gasteiger charge is -2.22. The summed E-state index contributed by atoms with van der Waals surface area (Å²) in [5.74, 6) is 1.57. The third kappa shape index (κ3) is 2.16. The average molecular weight is 274 g/mol. The van der Waals surface area contributed by atoms with Crippen LogP contribution in [0.15, 0.2) is 23.0 Å². The Hall–Kier alpha value is -1.35. The Labute approximate surface area is 117 Å². The smallest absolute Gasteiger partial charge is 0.191 e. The van der Waals surface area contributed by atoms with E-state index < -0.39 is 0 Å². The Kier molecular flexibility index (Phi) is 3.31. The van der Waals surface area contributed by atoms with Gasteiger partial charge in [0.1, 0.15) is 5.75 Å². The lowest BCUT2D eigenvalue weighted by molar-refractivity contribution is 0.415. The Balaban J connectivity index is 2.19. The molecule has 1 aliphatic carbocycles. The van der Waals surface area contributed by atoms with Gasteiger partial charge >= 0.3 is 0 Å². The highest BCUT2D eigenvalue weighted by Crippen LogP contribution is 2.33. The van der Waals surface area contributed by atoms with Crippen LogP contribution >= 0.6 is 11.3 Å². The molecule has 1 aliphatic rings. The van der Waals surface area contributed by atoms with E-state index in [0.29, 0.717) is 0 Å². The number of hydrogen-bond donors (Lipinski definition) is 0. The second-order valence-corrected chi connectivity index (χ2v) is 6.35. The van der Waals surface area contributed by atoms with E-state index in [1.807, 2.05) is 18.2 Å². The summed E-state index contributed by atoms with van der Waals surface area (Å²) in [6.07, 6.45) is 4.38. The molecule has 0 spiro atoms. The molecule has 19 heavy (non-hydrogen) atoms. The molecule has 2 aromatic rings. The quantitative estimate of drug-likeness (QED) is 0.833. The Morgan fingerprint density at radius 1 is 1.42 bits per heavy atom. The minimum Gasteiger partial charge on any atom is -0.497 e. The first-order chi connectivity index (χ1) is 9.22. The second-order valence-electron chi connectivity index (χ2n) is 5.21. The van der Waals surface area contributed by atoms with Gasteiger partial charge in [-0.15, -0.1) is 11.3 Å². The number of ether oxygens (including phenoxy) is 1. The molecule has 3 heteroatoms. The predicted octanol–water partition coefficient (Wildman–Crippen LogP) is 3.79. The highest BCUT2D eigenvalue weighted by atomic mass is 32.1. The van der Waals surface area contributed by atoms with Crippen LogP contribution in [-0.4, -0.2) is 7.11 Å². The zero-order valence-corrected chi connectivity index (χ0v) is 12.2. The maximum absolute atomic E-state index is 12.5. The van der Waals surface area contributed by atoms with Crippen LogP contribution < -0.4 is 10.2 Å². The van der Waals surface area contributed by atoms with E-state index in [0.717, 1.165) is 46.6 Å². The lowest BCUT2D eigenvalue weighted by Crippen LogP contribution is -2.20. The first-order valence-electron chi connectivity index (χ1n) is 6.85. The van der Waals surface area contributed by atoms with Crippen LogP contribution in [0.25, 0.3) is 10.1 Å². The minimum atomic E-state index is 0.237. The molecule has 0 radical (unpaired) electrons. The van der Waals surface area contributed by atoms with E-state index in [-0.39, 0.29) is 5.43 Å². The van der Waals surface area contributed by atoms with Crippen LogP contribution in [0.1, 0.15) is 30.2 Å². The summed E-state index contributed by atoms with van der Waals surface area (Å²) in [6, 6.07) is 5.76. The molecule has 1 heterocycles. The zero-order chi connectivity index (χ0) is 13.4. The fourth-order valence-corrected chi connectivity index (χ4v) is 4.21. The van der Waals surface area contributed by atoms with E-state index in [1.54, 1.807) is 18.4 Å². The Morgan fingerprint density at radius 2 is 2.26 bits per heavy atom. The monoisotopic (exact) mass is 274 g/mol. The van der Waals surface area contributed by atoms with Crippen LogP contribution in [-0.2, 0) is 12.8 Å². The van der Waals surface area contributed by atoms with Gasteiger partial charge in [0.15, 0.2) is 5.43 Å². The molecule has 1 unspecified atom stereocenters. The SMILES string of the molecule is CCC1CCc2c(sc3cc(OC)ccc3c2=O)C1. The van der Waals surface area contributed by atoms with Gasteiger partial charge in [0.2, 0.25) is 0 Å². The van der Waals surface area contributed by atoms with Gasteiger partial charge < -0.3 is 4.74 Å². The van der Waals surface area contributed by atoms with Gasteiger partial charge in [-0.2, -0.15) is 0 Å². The maximum Gasteiger partial charge on any atom is 0.191 e. The summed E-state index contributed by atoms with van der Waals surface area (Å²) in [7, 11) is 1.66. The summed E-state index contributed by atoms with van der Waals surface area (Å²) in [5, 5.41) is 0.847. The molecule has 0 amide bonds. The number of rotatable bonds is 2. The van der Waals surface area contributed by atoms with Crippen molar-refractivity contribution in [3.8, 4) is 5.75 Å². The van der Waals surface area contributed by atoms with E-state index in [4.69, 9.17) is 4.74 Å². The zero-order valence-electron chi connectivity index (χ0n) is 11.4. The van der Waals surface area contributed by atoms with Gasteiger partial charge in [0, 0.05) is 20.5 Å². The third-order valence-corrected chi connectivity index (χ3v) is 5.35. The van der Waals surface area contributed by atoms with Gasteiger partial charge in [-0.05, 0) is 43.4 Å². The molecule has 0 aliphatic heterocycles. The van der Waals surface area contributed by atoms with Crippen molar-refractivity contribution in [1.82, 2.24) is 0 Å². The van der Waals surface area contributed by atoms with E-state index >= 15 is 0 Å². The van der Waals surface area contributed by atoms with Crippen LogP contribution in [0.2, 0.25) is 0 Å². The number of hydrogen-bond acceptors (Lipinski definition) is 3. The largest absolute Gasteiger partial charge is 0.497 e. The molecule has 100 valence electrons. The van der Waals surface area contributed by atoms with Crippen molar-refractivity contribution in [2.45, 2.75) is 32.6 Å². The summed E-state index contributed by atoms with van der Waals surface area (Å²) < 4.78 is 6.31. The molecular weight excluding hydrogens is 256 g/mol. The van der Waals surface area contributed by atoms with Crippen LogP contribution in [0.5, 0.6) is 5.75 Å². The summed E-state index contributed by atoms with van der Waals surface area (Å²) in [5.41, 5.74) is 1.30. The topological polar surface area (TPSA) is 26.3 Å². The Morgan fingerprint density at radius 3 is 3.00 bits per heavy atom. The molecule has 0 saturated heterocycles. The van der Waals surface area contributed by atoms with Crippen molar-refractivity contribution in [3.05, 3.63) is 38.9 Å². The van der Waals surface area contributed by atoms with E-state index in [2.05, 4.69) is 6.92 Å². The van der Waals surface area contributed by atoms with Gasteiger partial charge in [-0.25, -0.2) is 0 Å². The van der Waals surface area contributed by atoms with Crippen molar-refractivity contribution in [3.63, 3.8) is 0 Å². The minimum absolute atomic E-state index is 0.237. The second kappa shape index (κ2) is 4.97. The summed E-state index contributed by atoms with van der Waals surface area (Å²) in [6.45, 7) is 2.24. The van der Waals surface area contributed by atoms with Gasteiger partial charge in [-0.1, -0.05) is 13.3 Å². The van der Waals surface area contributed by atoms with Crippen molar-refractivity contribution in [1.29, 1.82) is 0 Å². The lowest BCUT2D eigenvalue weighted by atomic mass is 9.87.